The summed E-state index contributed by atoms with van der Waals surface area (Å²) in [5.74, 6) is 0.676. The maximum Gasteiger partial charge on any atom is 0.343 e. The monoisotopic (exact) mass is 301 g/mol. The minimum absolute atomic E-state index is 0.298. The molecule has 2 aromatic rings. The third-order valence-corrected chi connectivity index (χ3v) is 3.46. The molecule has 5 heteroatoms. The first kappa shape index (κ1) is 14.4. The fourth-order valence-corrected chi connectivity index (χ4v) is 2.39. The Morgan fingerprint density at radius 1 is 1.23 bits per heavy atom. The first-order valence-electron chi connectivity index (χ1n) is 7.13. The SMILES string of the molecule is O=C(Oc1ccc2c(c1)N(CC[19F])CCO2)c1ccccc1. The molecule has 0 spiro atoms. The van der Waals surface area contributed by atoms with Gasteiger partial charge in [-0.1, -0.05) is 18.2 Å². The standard InChI is InChI=1S/C17H16FNO3/c18-8-9-19-10-11-21-16-7-6-14(12-15(16)19)22-17(20)13-4-2-1-3-5-13/h1-7,12H,8-11H2/i18+0. The molecule has 0 aliphatic carbocycles. The van der Waals surface area contributed by atoms with Gasteiger partial charge in [0.1, 0.15) is 24.8 Å². The number of ether oxygens (including phenoxy) is 2. The smallest absolute Gasteiger partial charge is 0.343 e. The minimum atomic E-state index is -0.437. The van der Waals surface area contributed by atoms with E-state index in [1.54, 1.807) is 42.5 Å². The molecule has 0 radical (unpaired) electrons. The molecule has 1 heterocycles. The van der Waals surface area contributed by atoms with Gasteiger partial charge in [-0.3, -0.25) is 0 Å². The van der Waals surface area contributed by atoms with Crippen molar-refractivity contribution in [2.45, 2.75) is 0 Å². The molecule has 114 valence electrons. The molecule has 0 fully saturated rings. The van der Waals surface area contributed by atoms with E-state index in [9.17, 15) is 9.18 Å². The highest BCUT2D eigenvalue weighted by Gasteiger charge is 2.19. The quantitative estimate of drug-likeness (QED) is 0.642. The van der Waals surface area contributed by atoms with Gasteiger partial charge in [0.15, 0.2) is 0 Å². The summed E-state index contributed by atoms with van der Waals surface area (Å²) in [6.45, 7) is 1.00. The average molecular weight is 301 g/mol. The molecule has 0 unspecified atom stereocenters. The number of esters is 1. The normalized spacial score (nSPS) is 13.2. The van der Waals surface area contributed by atoms with Gasteiger partial charge in [-0.05, 0) is 24.3 Å². The Bertz CT molecular complexity index is 660. The maximum absolute atomic E-state index is 12.6. The molecule has 4 nitrogen and oxygen atoms in total. The van der Waals surface area contributed by atoms with Crippen LogP contribution in [0.5, 0.6) is 11.5 Å². The Labute approximate surface area is 128 Å². The Morgan fingerprint density at radius 3 is 2.82 bits per heavy atom. The molecule has 2 aromatic carbocycles. The molecular formula is C17H16FNO3. The van der Waals surface area contributed by atoms with Crippen molar-refractivity contribution in [2.24, 2.45) is 0 Å². The van der Waals surface area contributed by atoms with E-state index >= 15 is 0 Å². The number of rotatable bonds is 4. The summed E-state index contributed by atoms with van der Waals surface area (Å²) < 4.78 is 23.6. The second-order valence-electron chi connectivity index (χ2n) is 4.91. The van der Waals surface area contributed by atoms with Crippen molar-refractivity contribution in [1.29, 1.82) is 0 Å². The minimum Gasteiger partial charge on any atom is -0.490 e. The van der Waals surface area contributed by atoms with Crippen LogP contribution in [0.25, 0.3) is 0 Å². The third kappa shape index (κ3) is 3.03. The van der Waals surface area contributed by atoms with E-state index in [0.717, 1.165) is 5.69 Å². The average Bonchev–Trinajstić information content (AvgIpc) is 2.56. The Balaban J connectivity index is 1.81. The number of halogens is 1. The molecule has 0 aromatic heterocycles. The van der Waals surface area contributed by atoms with Crippen molar-refractivity contribution < 1.29 is 18.7 Å². The van der Waals surface area contributed by atoms with Crippen LogP contribution >= 0.6 is 0 Å². The largest absolute Gasteiger partial charge is 0.490 e. The van der Waals surface area contributed by atoms with Gasteiger partial charge in [-0.2, -0.15) is 0 Å². The van der Waals surface area contributed by atoms with Crippen LogP contribution in [0.15, 0.2) is 48.5 Å². The summed E-state index contributed by atoms with van der Waals surface area (Å²) in [5.41, 5.74) is 1.24. The van der Waals surface area contributed by atoms with Crippen LogP contribution < -0.4 is 14.4 Å². The Morgan fingerprint density at radius 2 is 2.05 bits per heavy atom. The summed E-state index contributed by atoms with van der Waals surface area (Å²) in [5, 5.41) is 0. The molecule has 1 aliphatic rings. The van der Waals surface area contributed by atoms with E-state index < -0.39 is 12.6 Å². The molecule has 1 aliphatic heterocycles. The number of benzene rings is 2. The zero-order valence-corrected chi connectivity index (χ0v) is 12.0. The zero-order valence-electron chi connectivity index (χ0n) is 12.0. The highest BCUT2D eigenvalue weighted by atomic mass is 19.1. The van der Waals surface area contributed by atoms with Crippen molar-refractivity contribution >= 4 is 11.7 Å². The molecule has 0 saturated heterocycles. The van der Waals surface area contributed by atoms with Crippen molar-refractivity contribution in [1.82, 2.24) is 0 Å². The number of nitrogens with zero attached hydrogens (tertiary/aromatic N) is 1. The molecule has 22 heavy (non-hydrogen) atoms. The predicted molar refractivity (Wildman–Crippen MR) is 81.5 cm³/mol. The number of alkyl halides is 1. The van der Waals surface area contributed by atoms with Crippen molar-refractivity contribution in [2.75, 3.05) is 31.3 Å². The highest BCUT2D eigenvalue weighted by molar-refractivity contribution is 5.91. The lowest BCUT2D eigenvalue weighted by Gasteiger charge is -2.30. The lowest BCUT2D eigenvalue weighted by molar-refractivity contribution is 0.0734. The second kappa shape index (κ2) is 6.47. The van der Waals surface area contributed by atoms with E-state index in [-0.39, 0.29) is 0 Å². The van der Waals surface area contributed by atoms with Crippen LogP contribution in [0.3, 0.4) is 0 Å². The summed E-state index contributed by atoms with van der Waals surface area (Å²) in [4.78, 5) is 13.9. The molecule has 0 saturated carbocycles. The van der Waals surface area contributed by atoms with Crippen molar-refractivity contribution in [3.63, 3.8) is 0 Å². The lowest BCUT2D eigenvalue weighted by atomic mass is 10.2. The predicted octanol–water partition coefficient (Wildman–Crippen LogP) is 3.07. The zero-order chi connectivity index (χ0) is 15.4. The molecule has 0 amide bonds. The highest BCUT2D eigenvalue weighted by Crippen LogP contribution is 2.35. The molecular weight excluding hydrogens is 285 g/mol. The first-order chi connectivity index (χ1) is 10.8. The number of hydrogen-bond acceptors (Lipinski definition) is 4. The van der Waals surface area contributed by atoms with E-state index in [2.05, 4.69) is 0 Å². The van der Waals surface area contributed by atoms with Gasteiger partial charge in [0.25, 0.3) is 0 Å². The van der Waals surface area contributed by atoms with Crippen molar-refractivity contribution in [3.05, 3.63) is 54.1 Å². The van der Waals surface area contributed by atoms with Crippen LogP contribution in [0.4, 0.5) is 10.1 Å². The van der Waals surface area contributed by atoms with Gasteiger partial charge in [0.05, 0.1) is 17.8 Å². The summed E-state index contributed by atoms with van der Waals surface area (Å²) in [7, 11) is 0. The van der Waals surface area contributed by atoms with Gasteiger partial charge in [-0.25, -0.2) is 9.18 Å². The van der Waals surface area contributed by atoms with Crippen LogP contribution in [0.2, 0.25) is 0 Å². The van der Waals surface area contributed by atoms with Crippen molar-refractivity contribution in [3.8, 4) is 11.5 Å². The topological polar surface area (TPSA) is 38.8 Å². The number of hydrogen-bond donors (Lipinski definition) is 0. The van der Waals surface area contributed by atoms with Gasteiger partial charge in [-0.15, -0.1) is 0 Å². The van der Waals surface area contributed by atoms with Gasteiger partial charge >= 0.3 is 5.97 Å². The third-order valence-electron chi connectivity index (χ3n) is 3.46. The molecule has 0 N–H and O–H groups in total. The number of anilines is 1. The Kier molecular flexibility index (Phi) is 4.23. The molecule has 3 rings (SSSR count). The number of carbonyl (C=O) groups is 1. The number of fused-ring (bicyclic) bond motifs is 1. The lowest BCUT2D eigenvalue weighted by Crippen LogP contribution is -2.34. The van der Waals surface area contributed by atoms with E-state index in [4.69, 9.17) is 9.47 Å². The van der Waals surface area contributed by atoms with Gasteiger partial charge in [0.2, 0.25) is 0 Å². The van der Waals surface area contributed by atoms with Gasteiger partial charge < -0.3 is 14.4 Å². The van der Waals surface area contributed by atoms with Crippen LogP contribution in [0.1, 0.15) is 10.4 Å². The van der Waals surface area contributed by atoms with Crippen LogP contribution in [-0.4, -0.2) is 32.3 Å². The van der Waals surface area contributed by atoms with E-state index in [1.807, 2.05) is 11.0 Å². The fraction of sp³-hybridized carbons (Fsp3) is 0.235. The first-order valence-corrected chi connectivity index (χ1v) is 7.13. The Hall–Kier alpha value is -2.56. The van der Waals surface area contributed by atoms with Crippen LogP contribution in [-0.2, 0) is 0 Å². The summed E-state index contributed by atoms with van der Waals surface area (Å²) in [6, 6.07) is 13.9. The fourth-order valence-electron chi connectivity index (χ4n) is 2.39. The number of carbonyl (C=O) groups excluding carboxylic acids is 1. The van der Waals surface area contributed by atoms with Gasteiger partial charge in [0, 0.05) is 12.6 Å². The van der Waals surface area contributed by atoms with E-state index in [1.165, 1.54) is 0 Å². The van der Waals surface area contributed by atoms with E-state index in [0.29, 0.717) is 36.8 Å². The maximum atomic E-state index is 12.6. The summed E-state index contributed by atoms with van der Waals surface area (Å²) in [6.07, 6.45) is 0. The van der Waals surface area contributed by atoms with Crippen LogP contribution in [0, 0.1) is 0 Å². The summed E-state index contributed by atoms with van der Waals surface area (Å²) >= 11 is 0. The molecule has 0 bridgehead atoms. The molecule has 0 atom stereocenters. The second-order valence-corrected chi connectivity index (χ2v) is 4.91.